The summed E-state index contributed by atoms with van der Waals surface area (Å²) in [6.45, 7) is 7.24. The first-order valence-corrected chi connectivity index (χ1v) is 8.45. The lowest BCUT2D eigenvalue weighted by atomic mass is 10.1. The lowest BCUT2D eigenvalue weighted by molar-refractivity contribution is -0.138. The highest BCUT2D eigenvalue weighted by Crippen LogP contribution is 2.24. The molecule has 0 bridgehead atoms. The van der Waals surface area contributed by atoms with E-state index in [-0.39, 0.29) is 12.0 Å². The molecule has 7 heteroatoms. The Bertz CT molecular complexity index is 752. The van der Waals surface area contributed by atoms with Gasteiger partial charge >= 0.3 is 0 Å². The summed E-state index contributed by atoms with van der Waals surface area (Å²) in [7, 11) is 1.87. The molecule has 0 spiro atoms. The molecule has 2 aromatic rings. The predicted octanol–water partition coefficient (Wildman–Crippen LogP) is 2.18. The first kappa shape index (κ1) is 17.4. The largest absolute Gasteiger partial charge is 0.388 e. The van der Waals surface area contributed by atoms with Crippen LogP contribution in [0.2, 0.25) is 0 Å². The van der Waals surface area contributed by atoms with Crippen LogP contribution in [0.4, 0.5) is 5.69 Å². The highest BCUT2D eigenvalue weighted by Gasteiger charge is 2.27. The van der Waals surface area contributed by atoms with Crippen molar-refractivity contribution in [3.8, 4) is 0 Å². The first-order valence-electron chi connectivity index (χ1n) is 8.45. The average molecular weight is 344 g/mol. The molecule has 1 atom stereocenters. The minimum absolute atomic E-state index is 0.0594. The van der Waals surface area contributed by atoms with Crippen molar-refractivity contribution < 1.29 is 14.1 Å². The molecule has 1 saturated heterocycles. The predicted molar refractivity (Wildman–Crippen MR) is 93.5 cm³/mol. The summed E-state index contributed by atoms with van der Waals surface area (Å²) >= 11 is 0. The number of morpholine rings is 1. The second kappa shape index (κ2) is 7.23. The number of rotatable bonds is 4. The quantitative estimate of drug-likeness (QED) is 0.916. The van der Waals surface area contributed by atoms with Gasteiger partial charge in [-0.15, -0.1) is 0 Å². The smallest absolute Gasteiger partial charge is 0.227 e. The molecule has 3 rings (SSSR count). The van der Waals surface area contributed by atoms with Gasteiger partial charge in [-0.25, -0.2) is 0 Å². The Morgan fingerprint density at radius 3 is 2.84 bits per heavy atom. The highest BCUT2D eigenvalue weighted by atomic mass is 16.5. The van der Waals surface area contributed by atoms with Crippen LogP contribution in [0.15, 0.2) is 16.7 Å². The third-order valence-corrected chi connectivity index (χ3v) is 4.52. The second-order valence-corrected chi connectivity index (χ2v) is 6.35. The van der Waals surface area contributed by atoms with Crippen LogP contribution in [0, 0.1) is 20.8 Å². The molecule has 1 aliphatic rings. The fourth-order valence-corrected chi connectivity index (χ4v) is 3.08. The number of amides is 1. The summed E-state index contributed by atoms with van der Waals surface area (Å²) in [6, 6.07) is 3.95. The fourth-order valence-electron chi connectivity index (χ4n) is 3.08. The van der Waals surface area contributed by atoms with E-state index in [4.69, 9.17) is 9.26 Å². The Hall–Kier alpha value is -2.41. The van der Waals surface area contributed by atoms with Crippen LogP contribution in [-0.2, 0) is 16.0 Å². The molecule has 7 nitrogen and oxygen atoms in total. The average Bonchev–Trinajstić information content (AvgIpc) is 2.93. The molecule has 1 fully saturated rings. The highest BCUT2D eigenvalue weighted by molar-refractivity contribution is 5.79. The van der Waals surface area contributed by atoms with Gasteiger partial charge in [0.15, 0.2) is 0 Å². The van der Waals surface area contributed by atoms with Gasteiger partial charge in [0.1, 0.15) is 11.9 Å². The van der Waals surface area contributed by atoms with Crippen molar-refractivity contribution in [3.05, 3.63) is 40.5 Å². The number of carbonyl (C=O) groups excluding carboxylic acids is 1. The van der Waals surface area contributed by atoms with Crippen molar-refractivity contribution in [2.24, 2.45) is 0 Å². The van der Waals surface area contributed by atoms with Crippen LogP contribution >= 0.6 is 0 Å². The molecule has 3 heterocycles. The molecule has 134 valence electrons. The normalized spacial score (nSPS) is 17.6. The fraction of sp³-hybridized carbons (Fsp3) is 0.500. The van der Waals surface area contributed by atoms with E-state index in [0.29, 0.717) is 31.9 Å². The van der Waals surface area contributed by atoms with Gasteiger partial charge in [0.05, 0.1) is 31.0 Å². The summed E-state index contributed by atoms with van der Waals surface area (Å²) < 4.78 is 11.0. The Kier molecular flexibility index (Phi) is 5.03. The molecule has 2 aromatic heterocycles. The van der Waals surface area contributed by atoms with Crippen LogP contribution in [0.3, 0.4) is 0 Å². The number of nitrogens with zero attached hydrogens (tertiary/aromatic N) is 3. The van der Waals surface area contributed by atoms with Crippen LogP contribution in [-0.4, -0.2) is 47.7 Å². The SMILES string of the molecule is CNc1cc(C)nc(C2CN(C(=O)Cc3c(C)noc3C)CCO2)c1. The zero-order chi connectivity index (χ0) is 18.0. The molecular weight excluding hydrogens is 320 g/mol. The number of carbonyl (C=O) groups is 1. The van der Waals surface area contributed by atoms with Gasteiger partial charge in [0.25, 0.3) is 0 Å². The minimum atomic E-state index is -0.214. The topological polar surface area (TPSA) is 80.5 Å². The monoisotopic (exact) mass is 344 g/mol. The zero-order valence-electron chi connectivity index (χ0n) is 15.1. The minimum Gasteiger partial charge on any atom is -0.388 e. The molecule has 0 aliphatic carbocycles. The summed E-state index contributed by atoms with van der Waals surface area (Å²) in [4.78, 5) is 19.1. The van der Waals surface area contributed by atoms with Crippen molar-refractivity contribution in [1.82, 2.24) is 15.0 Å². The Balaban J connectivity index is 1.72. The molecule has 0 radical (unpaired) electrons. The van der Waals surface area contributed by atoms with Crippen molar-refractivity contribution in [1.29, 1.82) is 0 Å². The molecule has 0 aromatic carbocycles. The van der Waals surface area contributed by atoms with Gasteiger partial charge in [-0.1, -0.05) is 5.16 Å². The summed E-state index contributed by atoms with van der Waals surface area (Å²) in [5.41, 5.74) is 4.41. The molecular formula is C18H24N4O3. The van der Waals surface area contributed by atoms with E-state index in [1.54, 1.807) is 0 Å². The standard InChI is InChI=1S/C18H24N4O3/c1-11-7-14(19-4)8-16(20-11)17-10-22(5-6-24-17)18(23)9-15-12(2)21-25-13(15)3/h7-8,17H,5-6,9-10H2,1-4H3,(H,19,20). The van der Waals surface area contributed by atoms with E-state index in [1.807, 2.05) is 44.9 Å². The van der Waals surface area contributed by atoms with Gasteiger partial charge in [0.2, 0.25) is 5.91 Å². The number of hydrogen-bond donors (Lipinski definition) is 1. The van der Waals surface area contributed by atoms with Gasteiger partial charge in [-0.2, -0.15) is 0 Å². The van der Waals surface area contributed by atoms with E-state index >= 15 is 0 Å². The number of anilines is 1. The molecule has 1 aliphatic heterocycles. The van der Waals surface area contributed by atoms with Gasteiger partial charge < -0.3 is 19.5 Å². The number of nitrogens with one attached hydrogen (secondary N) is 1. The lowest BCUT2D eigenvalue weighted by Crippen LogP contribution is -2.43. The number of hydrogen-bond acceptors (Lipinski definition) is 6. The van der Waals surface area contributed by atoms with Crippen LogP contribution in [0.1, 0.15) is 34.5 Å². The maximum absolute atomic E-state index is 12.7. The van der Waals surface area contributed by atoms with Crippen molar-refractivity contribution in [3.63, 3.8) is 0 Å². The maximum atomic E-state index is 12.7. The molecule has 0 saturated carbocycles. The molecule has 1 N–H and O–H groups in total. The molecule has 25 heavy (non-hydrogen) atoms. The van der Waals surface area contributed by atoms with E-state index in [1.165, 1.54) is 0 Å². The summed E-state index contributed by atoms with van der Waals surface area (Å²) in [6.07, 6.45) is 0.0889. The van der Waals surface area contributed by atoms with E-state index in [0.717, 1.165) is 28.3 Å². The van der Waals surface area contributed by atoms with Crippen LogP contribution in [0.25, 0.3) is 0 Å². The maximum Gasteiger partial charge on any atom is 0.227 e. The van der Waals surface area contributed by atoms with Crippen molar-refractivity contribution >= 4 is 11.6 Å². The lowest BCUT2D eigenvalue weighted by Gasteiger charge is -2.33. The molecule has 1 unspecified atom stereocenters. The van der Waals surface area contributed by atoms with Crippen LogP contribution < -0.4 is 5.32 Å². The van der Waals surface area contributed by atoms with Crippen LogP contribution in [0.5, 0.6) is 0 Å². The van der Waals surface area contributed by atoms with Gasteiger partial charge in [-0.05, 0) is 32.9 Å². The van der Waals surface area contributed by atoms with Gasteiger partial charge in [0, 0.05) is 30.5 Å². The second-order valence-electron chi connectivity index (χ2n) is 6.35. The Morgan fingerprint density at radius 2 is 2.16 bits per heavy atom. The summed E-state index contributed by atoms with van der Waals surface area (Å²) in [5, 5.41) is 7.05. The number of ether oxygens (including phenoxy) is 1. The number of aromatic nitrogens is 2. The third kappa shape index (κ3) is 3.82. The van der Waals surface area contributed by atoms with Crippen molar-refractivity contribution in [2.75, 3.05) is 32.1 Å². The zero-order valence-corrected chi connectivity index (χ0v) is 15.1. The van der Waals surface area contributed by atoms with Crippen molar-refractivity contribution in [2.45, 2.75) is 33.3 Å². The van der Waals surface area contributed by atoms with Gasteiger partial charge in [-0.3, -0.25) is 9.78 Å². The number of aryl methyl sites for hydroxylation is 3. The molecule has 1 amide bonds. The Morgan fingerprint density at radius 1 is 1.36 bits per heavy atom. The van der Waals surface area contributed by atoms with E-state index in [9.17, 15) is 4.79 Å². The number of pyridine rings is 1. The summed E-state index contributed by atoms with van der Waals surface area (Å²) in [5.74, 6) is 0.763. The van der Waals surface area contributed by atoms with E-state index in [2.05, 4.69) is 15.5 Å². The van der Waals surface area contributed by atoms with E-state index < -0.39 is 0 Å². The third-order valence-electron chi connectivity index (χ3n) is 4.52. The Labute approximate surface area is 147 Å². The first-order chi connectivity index (χ1) is 12.0.